The van der Waals surface area contributed by atoms with E-state index in [0.29, 0.717) is 11.5 Å². The minimum absolute atomic E-state index is 0.398. The van der Waals surface area contributed by atoms with Crippen LogP contribution in [-0.2, 0) is 4.74 Å². The van der Waals surface area contributed by atoms with E-state index >= 15 is 0 Å². The highest BCUT2D eigenvalue weighted by atomic mass is 19.4. The Labute approximate surface area is 113 Å². The van der Waals surface area contributed by atoms with E-state index in [9.17, 15) is 13.2 Å². The normalized spacial score (nSPS) is 31.1. The summed E-state index contributed by atoms with van der Waals surface area (Å²) in [7, 11) is 0. The smallest absolute Gasteiger partial charge is 0.378 e. The van der Waals surface area contributed by atoms with Crippen molar-refractivity contribution in [1.29, 1.82) is 0 Å². The molecule has 5 heteroatoms. The molecule has 2 atom stereocenters. The van der Waals surface area contributed by atoms with Gasteiger partial charge in [-0.05, 0) is 44.9 Å². The summed E-state index contributed by atoms with van der Waals surface area (Å²) >= 11 is 0. The average Bonchev–Trinajstić information content (AvgIpc) is 3.17. The van der Waals surface area contributed by atoms with Crippen LogP contribution in [0.2, 0.25) is 0 Å². The van der Waals surface area contributed by atoms with Crippen molar-refractivity contribution in [2.24, 2.45) is 17.3 Å². The Balaban J connectivity index is 0.000000297. The Hall–Kier alpha value is -0.290. The van der Waals surface area contributed by atoms with Crippen molar-refractivity contribution in [2.45, 2.75) is 45.9 Å². The van der Waals surface area contributed by atoms with Crippen LogP contribution < -0.4 is 0 Å². The lowest BCUT2D eigenvalue weighted by molar-refractivity contribution is 0.00819. The largest absolute Gasteiger partial charge is 0.379 e. The topological polar surface area (TPSA) is 12.5 Å². The highest BCUT2D eigenvalue weighted by Gasteiger charge is 2.50. The van der Waals surface area contributed by atoms with Crippen molar-refractivity contribution >= 4 is 0 Å². The fourth-order valence-corrected chi connectivity index (χ4v) is 2.97. The molecule has 0 radical (unpaired) electrons. The molecule has 0 amide bonds. The quantitative estimate of drug-likeness (QED) is 0.765. The molecule has 0 bridgehead atoms. The van der Waals surface area contributed by atoms with Crippen molar-refractivity contribution in [2.75, 3.05) is 26.2 Å². The average molecular weight is 279 g/mol. The van der Waals surface area contributed by atoms with E-state index < -0.39 is 6.68 Å². The summed E-state index contributed by atoms with van der Waals surface area (Å²) in [5, 5.41) is 0. The Bertz CT molecular complexity index is 282. The van der Waals surface area contributed by atoms with Crippen molar-refractivity contribution in [3.05, 3.63) is 0 Å². The number of fused-ring (bicyclic) bond motifs is 1. The minimum atomic E-state index is -3.67. The Morgan fingerprint density at radius 2 is 1.68 bits per heavy atom. The van der Waals surface area contributed by atoms with Gasteiger partial charge in [-0.2, -0.15) is 13.2 Å². The SMILES string of the molecule is CC(C)OCC1(CN2CC3CC3C2)CC1.FC(F)F. The molecule has 1 saturated heterocycles. The van der Waals surface area contributed by atoms with Crippen LogP contribution in [0.4, 0.5) is 13.2 Å². The van der Waals surface area contributed by atoms with Crippen molar-refractivity contribution in [3.63, 3.8) is 0 Å². The molecule has 19 heavy (non-hydrogen) atoms. The third kappa shape index (κ3) is 4.95. The summed E-state index contributed by atoms with van der Waals surface area (Å²) in [5.41, 5.74) is 0.557. The summed E-state index contributed by atoms with van der Waals surface area (Å²) < 4.78 is 34.8. The molecule has 1 aliphatic heterocycles. The van der Waals surface area contributed by atoms with Gasteiger partial charge in [0.15, 0.2) is 0 Å². The molecule has 1 heterocycles. The first kappa shape index (κ1) is 15.1. The minimum Gasteiger partial charge on any atom is -0.378 e. The van der Waals surface area contributed by atoms with Gasteiger partial charge in [0.1, 0.15) is 0 Å². The molecule has 0 aromatic rings. The van der Waals surface area contributed by atoms with E-state index in [4.69, 9.17) is 4.74 Å². The van der Waals surface area contributed by atoms with Crippen LogP contribution in [0, 0.1) is 17.3 Å². The van der Waals surface area contributed by atoms with Crippen LogP contribution in [0.3, 0.4) is 0 Å². The first-order chi connectivity index (χ1) is 8.90. The van der Waals surface area contributed by atoms with E-state index in [2.05, 4.69) is 18.7 Å². The summed E-state index contributed by atoms with van der Waals surface area (Å²) in [6.45, 7) is 5.69. The Morgan fingerprint density at radius 1 is 1.16 bits per heavy atom. The second kappa shape index (κ2) is 6.00. The monoisotopic (exact) mass is 279 g/mol. The number of piperidine rings is 1. The first-order valence-corrected chi connectivity index (χ1v) is 7.16. The lowest BCUT2D eigenvalue weighted by atomic mass is 10.1. The molecular weight excluding hydrogens is 255 g/mol. The second-order valence-electron chi connectivity index (χ2n) is 6.56. The molecular formula is C14H24F3NO. The van der Waals surface area contributed by atoms with Gasteiger partial charge < -0.3 is 9.64 Å². The molecule has 3 rings (SSSR count). The van der Waals surface area contributed by atoms with Gasteiger partial charge in [-0.15, -0.1) is 0 Å². The van der Waals surface area contributed by atoms with Gasteiger partial charge in [-0.3, -0.25) is 0 Å². The highest BCUT2D eigenvalue weighted by molar-refractivity contribution is 5.02. The molecule has 0 spiro atoms. The van der Waals surface area contributed by atoms with Crippen molar-refractivity contribution in [1.82, 2.24) is 4.90 Å². The Morgan fingerprint density at radius 3 is 2.11 bits per heavy atom. The predicted molar refractivity (Wildman–Crippen MR) is 67.9 cm³/mol. The van der Waals surface area contributed by atoms with Gasteiger partial charge in [0.2, 0.25) is 0 Å². The van der Waals surface area contributed by atoms with Crippen LogP contribution in [0.15, 0.2) is 0 Å². The molecule has 3 fully saturated rings. The number of halogens is 3. The Kier molecular flexibility index (Phi) is 4.77. The summed E-state index contributed by atoms with van der Waals surface area (Å²) in [6.07, 6.45) is 4.71. The van der Waals surface area contributed by atoms with Crippen LogP contribution in [0.5, 0.6) is 0 Å². The summed E-state index contributed by atoms with van der Waals surface area (Å²) in [6, 6.07) is 0. The fourth-order valence-electron chi connectivity index (χ4n) is 2.97. The van der Waals surface area contributed by atoms with Gasteiger partial charge in [0.25, 0.3) is 0 Å². The van der Waals surface area contributed by atoms with Gasteiger partial charge in [-0.1, -0.05) is 0 Å². The van der Waals surface area contributed by atoms with Crippen LogP contribution in [-0.4, -0.2) is 43.9 Å². The maximum absolute atomic E-state index is 9.67. The molecule has 2 aliphatic carbocycles. The number of hydrogen-bond donors (Lipinski definition) is 0. The third-order valence-corrected chi connectivity index (χ3v) is 4.29. The maximum Gasteiger partial charge on any atom is 0.379 e. The molecule has 0 aromatic carbocycles. The fraction of sp³-hybridized carbons (Fsp3) is 1.00. The zero-order valence-corrected chi connectivity index (χ0v) is 11.7. The maximum atomic E-state index is 9.67. The number of ether oxygens (including phenoxy) is 1. The molecule has 2 saturated carbocycles. The summed E-state index contributed by atoms with van der Waals surface area (Å²) in [4.78, 5) is 2.69. The zero-order valence-electron chi connectivity index (χ0n) is 11.7. The van der Waals surface area contributed by atoms with E-state index in [-0.39, 0.29) is 0 Å². The summed E-state index contributed by atoms with van der Waals surface area (Å²) in [5.74, 6) is 2.15. The van der Waals surface area contributed by atoms with Gasteiger partial charge >= 0.3 is 6.68 Å². The number of rotatable bonds is 5. The molecule has 112 valence electrons. The van der Waals surface area contributed by atoms with Gasteiger partial charge in [0, 0.05) is 25.0 Å². The van der Waals surface area contributed by atoms with Crippen LogP contribution in [0.1, 0.15) is 33.1 Å². The number of alkyl halides is 3. The molecule has 0 aromatic heterocycles. The standard InChI is InChI=1S/C13H23NO.CHF3/c1-10(2)15-9-13(3-4-13)8-14-6-11-5-12(11)7-14;2-1(3)4/h10-12H,3-9H2,1-2H3;1H. The number of nitrogens with zero attached hydrogens (tertiary/aromatic N) is 1. The molecule has 2 nitrogen and oxygen atoms in total. The molecule has 3 aliphatic rings. The van der Waals surface area contributed by atoms with Gasteiger partial charge in [-0.25, -0.2) is 0 Å². The molecule has 2 unspecified atom stereocenters. The highest BCUT2D eigenvalue weighted by Crippen LogP contribution is 2.50. The number of likely N-dealkylation sites (tertiary alicyclic amines) is 1. The van der Waals surface area contributed by atoms with E-state index in [1.54, 1.807) is 0 Å². The van der Waals surface area contributed by atoms with Crippen molar-refractivity contribution < 1.29 is 17.9 Å². The molecule has 0 N–H and O–H groups in total. The van der Waals surface area contributed by atoms with Crippen molar-refractivity contribution in [3.8, 4) is 0 Å². The number of hydrogen-bond acceptors (Lipinski definition) is 2. The second-order valence-corrected chi connectivity index (χ2v) is 6.56. The van der Waals surface area contributed by atoms with Crippen LogP contribution >= 0.6 is 0 Å². The van der Waals surface area contributed by atoms with Gasteiger partial charge in [0.05, 0.1) is 12.7 Å². The zero-order chi connectivity index (χ0) is 14.0. The lowest BCUT2D eigenvalue weighted by Gasteiger charge is -2.25. The predicted octanol–water partition coefficient (Wildman–Crippen LogP) is 3.32. The lowest BCUT2D eigenvalue weighted by Crippen LogP contribution is -2.32. The first-order valence-electron chi connectivity index (χ1n) is 7.16. The third-order valence-electron chi connectivity index (χ3n) is 4.29. The van der Waals surface area contributed by atoms with E-state index in [1.807, 2.05) is 0 Å². The van der Waals surface area contributed by atoms with E-state index in [1.165, 1.54) is 38.9 Å². The van der Waals surface area contributed by atoms with Crippen LogP contribution in [0.25, 0.3) is 0 Å². The van der Waals surface area contributed by atoms with E-state index in [0.717, 1.165) is 18.4 Å².